The molecule has 2 N–H and O–H groups in total. The van der Waals surface area contributed by atoms with E-state index in [4.69, 9.17) is 0 Å². The minimum Gasteiger partial charge on any atom is -0.349 e. The normalized spacial score (nSPS) is 12.2. The van der Waals surface area contributed by atoms with Crippen LogP contribution in [0.25, 0.3) is 11.0 Å². The van der Waals surface area contributed by atoms with Gasteiger partial charge in [-0.05, 0) is 24.6 Å². The van der Waals surface area contributed by atoms with Gasteiger partial charge in [-0.3, -0.25) is 13.9 Å². The van der Waals surface area contributed by atoms with Gasteiger partial charge in [0.2, 0.25) is 5.91 Å². The summed E-state index contributed by atoms with van der Waals surface area (Å²) >= 11 is 0. The lowest BCUT2D eigenvalue weighted by Gasteiger charge is -2.18. The molecule has 2 aromatic heterocycles. The van der Waals surface area contributed by atoms with Crippen molar-refractivity contribution in [2.45, 2.75) is 38.9 Å². The number of H-pyrrole nitrogens is 1. The van der Waals surface area contributed by atoms with Crippen LogP contribution in [0.4, 0.5) is 0 Å². The van der Waals surface area contributed by atoms with E-state index >= 15 is 0 Å². The van der Waals surface area contributed by atoms with Gasteiger partial charge in [0.25, 0.3) is 0 Å². The highest BCUT2D eigenvalue weighted by Crippen LogP contribution is 2.17. The Morgan fingerprint density at radius 3 is 2.43 bits per heavy atom. The number of carbonyl (C=O) groups excluding carboxylic acids is 1. The molecule has 1 amide bonds. The molecular weight excluding hydrogens is 378 g/mol. The van der Waals surface area contributed by atoms with Gasteiger partial charge >= 0.3 is 5.69 Å². The maximum atomic E-state index is 12.8. The Labute approximate surface area is 174 Å². The number of carbonyl (C=O) groups is 1. The monoisotopic (exact) mass is 403 g/mol. The second-order valence-corrected chi connectivity index (χ2v) is 7.19. The van der Waals surface area contributed by atoms with E-state index in [1.165, 1.54) is 0 Å². The number of nitrogens with one attached hydrogen (secondary N) is 2. The third-order valence-electron chi connectivity index (χ3n) is 5.29. The molecule has 4 rings (SSSR count). The number of rotatable bonds is 8. The number of benzene rings is 2. The average molecular weight is 403 g/mol. The number of imidazole rings is 2. The number of aromatic amines is 1. The van der Waals surface area contributed by atoms with Gasteiger partial charge in [0, 0.05) is 38.3 Å². The molecule has 0 bridgehead atoms. The Hall–Kier alpha value is -3.61. The SMILES string of the molecule is CCn1c(=O)n(CCC(=O)N[C@@H](Cc2ncc[nH]2)c2ccccc2)c2ccccc21. The van der Waals surface area contributed by atoms with E-state index in [1.54, 1.807) is 21.5 Å². The standard InChI is InChI=1S/C23H25N5O2/c1-2-27-19-10-6-7-11-20(19)28(23(27)30)15-12-22(29)26-18(16-21-24-13-14-25-21)17-8-4-3-5-9-17/h3-11,13-14,18H,2,12,15-16H2,1H3,(H,24,25)(H,26,29)/t18-/m0/s1. The Morgan fingerprint density at radius 1 is 1.07 bits per heavy atom. The van der Waals surface area contributed by atoms with Crippen molar-refractivity contribution in [3.05, 3.63) is 88.9 Å². The lowest BCUT2D eigenvalue weighted by molar-refractivity contribution is -0.122. The van der Waals surface area contributed by atoms with E-state index in [9.17, 15) is 9.59 Å². The van der Waals surface area contributed by atoms with Gasteiger partial charge in [0.05, 0.1) is 17.1 Å². The topological polar surface area (TPSA) is 84.7 Å². The molecule has 0 saturated heterocycles. The van der Waals surface area contributed by atoms with Crippen LogP contribution in [-0.2, 0) is 24.3 Å². The van der Waals surface area contributed by atoms with Gasteiger partial charge in [0.15, 0.2) is 0 Å². The summed E-state index contributed by atoms with van der Waals surface area (Å²) in [5.41, 5.74) is 2.68. The summed E-state index contributed by atoms with van der Waals surface area (Å²) in [4.78, 5) is 32.9. The van der Waals surface area contributed by atoms with Crippen LogP contribution in [0, 0.1) is 0 Å². The van der Waals surface area contributed by atoms with Crippen molar-refractivity contribution in [2.75, 3.05) is 0 Å². The first-order chi connectivity index (χ1) is 14.7. The van der Waals surface area contributed by atoms with Crippen molar-refractivity contribution in [3.8, 4) is 0 Å². The van der Waals surface area contributed by atoms with Crippen molar-refractivity contribution < 1.29 is 4.79 Å². The molecule has 4 aromatic rings. The van der Waals surface area contributed by atoms with E-state index in [-0.39, 0.29) is 24.1 Å². The zero-order valence-electron chi connectivity index (χ0n) is 16.9. The molecular formula is C23H25N5O2. The summed E-state index contributed by atoms with van der Waals surface area (Å²) in [5, 5.41) is 3.11. The number of aromatic nitrogens is 4. The van der Waals surface area contributed by atoms with Crippen LogP contribution < -0.4 is 11.0 Å². The van der Waals surface area contributed by atoms with E-state index in [2.05, 4.69) is 15.3 Å². The first kappa shape index (κ1) is 19.7. The number of nitrogens with zero attached hydrogens (tertiary/aromatic N) is 3. The van der Waals surface area contributed by atoms with Gasteiger partial charge in [0.1, 0.15) is 5.82 Å². The molecule has 0 fully saturated rings. The minimum atomic E-state index is -0.196. The van der Waals surface area contributed by atoms with Crippen LogP contribution in [-0.4, -0.2) is 25.0 Å². The molecule has 0 spiro atoms. The number of aryl methyl sites for hydroxylation is 2. The van der Waals surface area contributed by atoms with Crippen LogP contribution in [0.5, 0.6) is 0 Å². The van der Waals surface area contributed by atoms with Crippen molar-refractivity contribution in [1.82, 2.24) is 24.4 Å². The number of hydrogen-bond donors (Lipinski definition) is 2. The van der Waals surface area contributed by atoms with Crippen molar-refractivity contribution in [3.63, 3.8) is 0 Å². The summed E-state index contributed by atoms with van der Waals surface area (Å²) in [6.07, 6.45) is 4.27. The second kappa shape index (κ2) is 8.82. The van der Waals surface area contributed by atoms with Crippen molar-refractivity contribution in [1.29, 1.82) is 0 Å². The number of fused-ring (bicyclic) bond motifs is 1. The van der Waals surface area contributed by atoms with Crippen LogP contribution >= 0.6 is 0 Å². The molecule has 1 atom stereocenters. The second-order valence-electron chi connectivity index (χ2n) is 7.19. The Morgan fingerprint density at radius 2 is 1.77 bits per heavy atom. The molecule has 0 aliphatic rings. The Bertz CT molecular complexity index is 1180. The number of para-hydroxylation sites is 2. The van der Waals surface area contributed by atoms with E-state index in [1.807, 2.05) is 61.5 Å². The van der Waals surface area contributed by atoms with Gasteiger partial charge in [-0.1, -0.05) is 42.5 Å². The molecule has 2 aromatic carbocycles. The molecule has 0 radical (unpaired) electrons. The molecule has 0 saturated carbocycles. The highest BCUT2D eigenvalue weighted by atomic mass is 16.2. The first-order valence-electron chi connectivity index (χ1n) is 10.2. The number of hydrogen-bond acceptors (Lipinski definition) is 3. The summed E-state index contributed by atoms with van der Waals surface area (Å²) in [6, 6.07) is 17.3. The number of amides is 1. The zero-order valence-corrected chi connectivity index (χ0v) is 16.9. The lowest BCUT2D eigenvalue weighted by atomic mass is 10.0. The quantitative estimate of drug-likeness (QED) is 0.474. The fourth-order valence-corrected chi connectivity index (χ4v) is 3.81. The summed E-state index contributed by atoms with van der Waals surface area (Å²) in [6.45, 7) is 2.88. The zero-order chi connectivity index (χ0) is 20.9. The maximum Gasteiger partial charge on any atom is 0.329 e. The molecule has 7 heteroatoms. The highest BCUT2D eigenvalue weighted by molar-refractivity contribution is 5.78. The summed E-state index contributed by atoms with van der Waals surface area (Å²) < 4.78 is 3.42. The van der Waals surface area contributed by atoms with Gasteiger partial charge in [-0.2, -0.15) is 0 Å². The summed E-state index contributed by atoms with van der Waals surface area (Å²) in [5.74, 6) is 0.710. The van der Waals surface area contributed by atoms with E-state index < -0.39 is 0 Å². The fourth-order valence-electron chi connectivity index (χ4n) is 3.81. The predicted molar refractivity (Wildman–Crippen MR) is 116 cm³/mol. The van der Waals surface area contributed by atoms with Crippen molar-refractivity contribution >= 4 is 16.9 Å². The highest BCUT2D eigenvalue weighted by Gasteiger charge is 2.18. The predicted octanol–water partition coefficient (Wildman–Crippen LogP) is 3.04. The van der Waals surface area contributed by atoms with Crippen molar-refractivity contribution in [2.24, 2.45) is 0 Å². The van der Waals surface area contributed by atoms with Gasteiger partial charge in [-0.25, -0.2) is 9.78 Å². The van der Waals surface area contributed by atoms with Crippen LogP contribution in [0.15, 0.2) is 71.8 Å². The fraction of sp³-hybridized carbons (Fsp3) is 0.261. The minimum absolute atomic E-state index is 0.0818. The van der Waals surface area contributed by atoms with Crippen LogP contribution in [0.3, 0.4) is 0 Å². The lowest BCUT2D eigenvalue weighted by Crippen LogP contribution is -2.32. The van der Waals surface area contributed by atoms with E-state index in [0.29, 0.717) is 19.5 Å². The maximum absolute atomic E-state index is 12.8. The molecule has 2 heterocycles. The molecule has 154 valence electrons. The molecule has 30 heavy (non-hydrogen) atoms. The van der Waals surface area contributed by atoms with Gasteiger partial charge in [-0.15, -0.1) is 0 Å². The molecule has 0 aliphatic heterocycles. The molecule has 0 unspecified atom stereocenters. The van der Waals surface area contributed by atoms with E-state index in [0.717, 1.165) is 22.4 Å². The third kappa shape index (κ3) is 4.05. The van der Waals surface area contributed by atoms with Crippen LogP contribution in [0.2, 0.25) is 0 Å². The molecule has 0 aliphatic carbocycles. The Balaban J connectivity index is 1.50. The summed E-state index contributed by atoms with van der Waals surface area (Å²) in [7, 11) is 0. The Kier molecular flexibility index (Phi) is 5.79. The van der Waals surface area contributed by atoms with Crippen LogP contribution in [0.1, 0.15) is 30.8 Å². The third-order valence-corrected chi connectivity index (χ3v) is 5.29. The smallest absolute Gasteiger partial charge is 0.329 e. The first-order valence-corrected chi connectivity index (χ1v) is 10.2. The molecule has 7 nitrogen and oxygen atoms in total. The average Bonchev–Trinajstić information content (AvgIpc) is 3.37. The van der Waals surface area contributed by atoms with Gasteiger partial charge < -0.3 is 10.3 Å². The largest absolute Gasteiger partial charge is 0.349 e.